The molecule has 0 radical (unpaired) electrons. The van der Waals surface area contributed by atoms with Gasteiger partial charge >= 0.3 is 0 Å². The molecule has 0 bridgehead atoms. The van der Waals surface area contributed by atoms with Crippen LogP contribution in [0.5, 0.6) is 5.75 Å². The molecule has 1 aliphatic carbocycles. The fourth-order valence-corrected chi connectivity index (χ4v) is 5.45. The molecule has 2 fully saturated rings. The minimum absolute atomic E-state index is 0.149. The van der Waals surface area contributed by atoms with Crippen molar-refractivity contribution in [1.29, 1.82) is 0 Å². The Hall–Kier alpha value is -2.18. The van der Waals surface area contributed by atoms with Gasteiger partial charge in [-0.2, -0.15) is 0 Å². The summed E-state index contributed by atoms with van der Waals surface area (Å²) in [6.45, 7) is 7.06. The summed E-state index contributed by atoms with van der Waals surface area (Å²) in [4.78, 5) is 0. The lowest BCUT2D eigenvalue weighted by molar-refractivity contribution is 0.0952. The zero-order valence-electron chi connectivity index (χ0n) is 17.3. The average molecular weight is 395 g/mol. The highest BCUT2D eigenvalue weighted by molar-refractivity contribution is 5.73. The number of aryl methyl sites for hydroxylation is 2. The number of nitrogens with one attached hydrogen (secondary N) is 2. The molecular formula is C23H30N4O2. The average Bonchev–Trinajstić information content (AvgIpc) is 3.31. The maximum absolute atomic E-state index is 10.8. The molecule has 3 N–H and O–H groups in total. The third kappa shape index (κ3) is 3.19. The first kappa shape index (κ1) is 18.8. The molecule has 2 aliphatic heterocycles. The topological polar surface area (TPSA) is 79.3 Å². The monoisotopic (exact) mass is 394 g/mol. The van der Waals surface area contributed by atoms with Crippen LogP contribution in [0.25, 0.3) is 11.3 Å². The van der Waals surface area contributed by atoms with E-state index in [9.17, 15) is 5.11 Å². The molecule has 1 aromatic carbocycles. The number of fused-ring (bicyclic) bond motifs is 1. The van der Waals surface area contributed by atoms with Crippen molar-refractivity contribution in [2.75, 3.05) is 25.0 Å². The predicted octanol–water partition coefficient (Wildman–Crippen LogP) is 3.22. The van der Waals surface area contributed by atoms with Gasteiger partial charge in [-0.05, 0) is 87.9 Å². The summed E-state index contributed by atoms with van der Waals surface area (Å²) in [5.41, 5.74) is 5.07. The van der Waals surface area contributed by atoms with Gasteiger partial charge in [0.2, 0.25) is 0 Å². The van der Waals surface area contributed by atoms with E-state index in [1.54, 1.807) is 0 Å². The molecule has 0 unspecified atom stereocenters. The second-order valence-electron chi connectivity index (χ2n) is 8.96. The zero-order valence-corrected chi connectivity index (χ0v) is 17.3. The molecule has 0 saturated carbocycles. The molecular weight excluding hydrogens is 364 g/mol. The molecule has 29 heavy (non-hydrogen) atoms. The van der Waals surface area contributed by atoms with Crippen molar-refractivity contribution in [3.63, 3.8) is 0 Å². The summed E-state index contributed by atoms with van der Waals surface area (Å²) in [7, 11) is 0. The number of ether oxygens (including phenoxy) is 1. The number of nitrogens with zero attached hydrogens (tertiary/aromatic N) is 2. The van der Waals surface area contributed by atoms with Crippen LogP contribution < -0.4 is 10.6 Å². The molecule has 2 atom stereocenters. The highest BCUT2D eigenvalue weighted by Crippen LogP contribution is 2.42. The smallest absolute Gasteiger partial charge is 0.149 e. The number of hydrogen-bond donors (Lipinski definition) is 3. The summed E-state index contributed by atoms with van der Waals surface area (Å²) in [6, 6.07) is 6.40. The van der Waals surface area contributed by atoms with E-state index in [1.807, 2.05) is 13.0 Å². The Morgan fingerprint density at radius 1 is 1.21 bits per heavy atom. The van der Waals surface area contributed by atoms with Crippen LogP contribution >= 0.6 is 0 Å². The SMILES string of the molecule is Cc1cc(N[C@@H]2[C@H](C)OCC23CCNCC3)nnc1-c1ccc2c(c1O)CCC2. The maximum atomic E-state index is 10.8. The number of anilines is 1. The Kier molecular flexibility index (Phi) is 4.71. The van der Waals surface area contributed by atoms with Crippen LogP contribution in [0.2, 0.25) is 0 Å². The van der Waals surface area contributed by atoms with E-state index >= 15 is 0 Å². The largest absolute Gasteiger partial charge is 0.507 e. The molecule has 2 aromatic rings. The van der Waals surface area contributed by atoms with Crippen LogP contribution in [0.3, 0.4) is 0 Å². The van der Waals surface area contributed by atoms with Gasteiger partial charge in [0.25, 0.3) is 0 Å². The van der Waals surface area contributed by atoms with E-state index in [4.69, 9.17) is 4.74 Å². The molecule has 5 rings (SSSR count). The number of benzene rings is 1. The van der Waals surface area contributed by atoms with Gasteiger partial charge in [-0.25, -0.2) is 0 Å². The minimum Gasteiger partial charge on any atom is -0.507 e. The van der Waals surface area contributed by atoms with Crippen molar-refractivity contribution in [2.24, 2.45) is 5.41 Å². The second-order valence-corrected chi connectivity index (χ2v) is 8.96. The van der Waals surface area contributed by atoms with Crippen LogP contribution in [0.15, 0.2) is 18.2 Å². The quantitative estimate of drug-likeness (QED) is 0.742. The first-order chi connectivity index (χ1) is 14.1. The molecule has 1 aromatic heterocycles. The fraction of sp³-hybridized carbons (Fsp3) is 0.565. The van der Waals surface area contributed by atoms with Crippen LogP contribution in [0.1, 0.15) is 42.9 Å². The van der Waals surface area contributed by atoms with Gasteiger partial charge in [0.15, 0.2) is 0 Å². The van der Waals surface area contributed by atoms with Crippen molar-refractivity contribution in [2.45, 2.75) is 58.1 Å². The van der Waals surface area contributed by atoms with Gasteiger partial charge in [0, 0.05) is 11.0 Å². The third-order valence-corrected chi connectivity index (χ3v) is 7.16. The summed E-state index contributed by atoms with van der Waals surface area (Å²) in [5, 5.41) is 26.9. The lowest BCUT2D eigenvalue weighted by Gasteiger charge is -2.39. The van der Waals surface area contributed by atoms with Gasteiger partial charge in [-0.15, -0.1) is 10.2 Å². The van der Waals surface area contributed by atoms with Gasteiger partial charge in [-0.3, -0.25) is 0 Å². The van der Waals surface area contributed by atoms with Crippen LogP contribution in [0.4, 0.5) is 5.82 Å². The number of hydrogen-bond acceptors (Lipinski definition) is 6. The summed E-state index contributed by atoms with van der Waals surface area (Å²) < 4.78 is 6.04. The first-order valence-corrected chi connectivity index (χ1v) is 10.8. The zero-order chi connectivity index (χ0) is 20.0. The van der Waals surface area contributed by atoms with Crippen molar-refractivity contribution in [3.8, 4) is 17.0 Å². The van der Waals surface area contributed by atoms with E-state index in [0.717, 1.165) is 80.0 Å². The van der Waals surface area contributed by atoms with E-state index < -0.39 is 0 Å². The van der Waals surface area contributed by atoms with E-state index in [-0.39, 0.29) is 17.6 Å². The van der Waals surface area contributed by atoms with Crippen LogP contribution in [-0.2, 0) is 17.6 Å². The fourth-order valence-electron chi connectivity index (χ4n) is 5.45. The highest BCUT2D eigenvalue weighted by Gasteiger charge is 2.48. The Bertz CT molecular complexity index is 918. The van der Waals surface area contributed by atoms with Crippen molar-refractivity contribution in [1.82, 2.24) is 15.5 Å². The van der Waals surface area contributed by atoms with Gasteiger partial charge in [-0.1, -0.05) is 6.07 Å². The summed E-state index contributed by atoms with van der Waals surface area (Å²) in [5.74, 6) is 1.16. The number of aromatic hydroxyl groups is 1. The first-order valence-electron chi connectivity index (χ1n) is 10.8. The van der Waals surface area contributed by atoms with Crippen LogP contribution in [-0.4, -0.2) is 47.1 Å². The highest BCUT2D eigenvalue weighted by atomic mass is 16.5. The normalized spacial score (nSPS) is 25.3. The molecule has 0 amide bonds. The molecule has 3 heterocycles. The number of phenols is 1. The third-order valence-electron chi connectivity index (χ3n) is 7.16. The van der Waals surface area contributed by atoms with Gasteiger partial charge in [0.1, 0.15) is 11.6 Å². The Morgan fingerprint density at radius 3 is 2.83 bits per heavy atom. The maximum Gasteiger partial charge on any atom is 0.149 e. The van der Waals surface area contributed by atoms with E-state index in [1.165, 1.54) is 5.56 Å². The second kappa shape index (κ2) is 7.26. The molecule has 3 aliphatic rings. The number of rotatable bonds is 3. The van der Waals surface area contributed by atoms with Crippen LogP contribution in [0, 0.1) is 12.3 Å². The molecule has 2 saturated heterocycles. The number of aromatic nitrogens is 2. The van der Waals surface area contributed by atoms with Crippen molar-refractivity contribution < 1.29 is 9.84 Å². The Labute approximate surface area is 172 Å². The standard InChI is InChI=1S/C23H30N4O2/c1-14-12-19(25-22-15(2)29-13-23(22)8-10-24-11-9-23)26-27-20(14)18-7-6-16-4-3-5-17(16)21(18)28/h6-7,12,15,22,24,28H,3-5,8-11,13H2,1-2H3,(H,25,26)/t15-,22+/m0/s1. The Morgan fingerprint density at radius 2 is 2.03 bits per heavy atom. The van der Waals surface area contributed by atoms with E-state index in [0.29, 0.717) is 5.75 Å². The van der Waals surface area contributed by atoms with Crippen molar-refractivity contribution >= 4 is 5.82 Å². The van der Waals surface area contributed by atoms with E-state index in [2.05, 4.69) is 39.9 Å². The molecule has 6 nitrogen and oxygen atoms in total. The summed E-state index contributed by atoms with van der Waals surface area (Å²) >= 11 is 0. The lowest BCUT2D eigenvalue weighted by Crippen LogP contribution is -2.48. The Balaban J connectivity index is 1.42. The lowest BCUT2D eigenvalue weighted by atomic mass is 9.73. The van der Waals surface area contributed by atoms with Gasteiger partial charge < -0.3 is 20.5 Å². The van der Waals surface area contributed by atoms with Gasteiger partial charge in [0.05, 0.1) is 24.4 Å². The minimum atomic E-state index is 0.149. The predicted molar refractivity (Wildman–Crippen MR) is 113 cm³/mol. The number of phenolic OH excluding ortho intramolecular Hbond substituents is 1. The number of piperidine rings is 1. The molecule has 1 spiro atoms. The van der Waals surface area contributed by atoms with Crippen molar-refractivity contribution in [3.05, 3.63) is 34.9 Å². The molecule has 154 valence electrons. The molecule has 6 heteroatoms. The summed E-state index contributed by atoms with van der Waals surface area (Å²) in [6.07, 6.45) is 5.48.